The van der Waals surface area contributed by atoms with Gasteiger partial charge in [-0.05, 0) is 53.4 Å². The molecule has 1 aromatic heterocycles. The van der Waals surface area contributed by atoms with Crippen molar-refractivity contribution in [2.24, 2.45) is 0 Å². The molecule has 4 aromatic rings. The van der Waals surface area contributed by atoms with Gasteiger partial charge in [-0.2, -0.15) is 0 Å². The van der Waals surface area contributed by atoms with Gasteiger partial charge in [0, 0.05) is 5.75 Å². The standard InChI is InChI=1S/C20H18N2S/c1-13-9-18-19(10-14(13)2)22-20(21-18)23-12-15-7-8-16-5-3-4-6-17(16)11-15/h3-11H,12H2,1-2H3,(H,21,22). The maximum Gasteiger partial charge on any atom is 0.166 e. The summed E-state index contributed by atoms with van der Waals surface area (Å²) in [4.78, 5) is 8.12. The summed E-state index contributed by atoms with van der Waals surface area (Å²) in [6.07, 6.45) is 0. The summed E-state index contributed by atoms with van der Waals surface area (Å²) in [7, 11) is 0. The van der Waals surface area contributed by atoms with E-state index in [1.165, 1.54) is 27.5 Å². The molecule has 3 heteroatoms. The minimum absolute atomic E-state index is 0.919. The highest BCUT2D eigenvalue weighted by Crippen LogP contribution is 2.26. The van der Waals surface area contributed by atoms with Crippen LogP contribution in [0.1, 0.15) is 16.7 Å². The monoisotopic (exact) mass is 318 g/mol. The zero-order valence-electron chi connectivity index (χ0n) is 13.3. The number of nitrogens with one attached hydrogen (secondary N) is 1. The summed E-state index contributed by atoms with van der Waals surface area (Å²) in [5.41, 5.74) is 6.08. The number of aromatic amines is 1. The van der Waals surface area contributed by atoms with Crippen molar-refractivity contribution in [3.63, 3.8) is 0 Å². The number of H-pyrrole nitrogens is 1. The predicted molar refractivity (Wildman–Crippen MR) is 99.1 cm³/mol. The highest BCUT2D eigenvalue weighted by molar-refractivity contribution is 7.98. The molecule has 0 unspecified atom stereocenters. The summed E-state index contributed by atoms with van der Waals surface area (Å²) in [5, 5.41) is 3.57. The quantitative estimate of drug-likeness (QED) is 0.496. The van der Waals surface area contributed by atoms with Crippen molar-refractivity contribution >= 4 is 33.6 Å². The molecule has 114 valence electrons. The number of hydrogen-bond donors (Lipinski definition) is 1. The van der Waals surface area contributed by atoms with Crippen LogP contribution in [0.2, 0.25) is 0 Å². The van der Waals surface area contributed by atoms with E-state index in [1.54, 1.807) is 11.8 Å². The normalized spacial score (nSPS) is 11.4. The molecule has 1 N–H and O–H groups in total. The number of rotatable bonds is 3. The molecule has 4 rings (SSSR count). The Kier molecular flexibility index (Phi) is 3.58. The Hall–Kier alpha value is -2.26. The van der Waals surface area contributed by atoms with Crippen molar-refractivity contribution in [3.05, 3.63) is 71.3 Å². The molecule has 0 spiro atoms. The van der Waals surface area contributed by atoms with E-state index in [0.717, 1.165) is 21.9 Å². The molecule has 0 aliphatic heterocycles. The zero-order valence-corrected chi connectivity index (χ0v) is 14.1. The molecule has 0 atom stereocenters. The Morgan fingerprint density at radius 2 is 1.70 bits per heavy atom. The third-order valence-electron chi connectivity index (χ3n) is 4.27. The average molecular weight is 318 g/mol. The molecule has 2 nitrogen and oxygen atoms in total. The van der Waals surface area contributed by atoms with Crippen LogP contribution in [0, 0.1) is 13.8 Å². The first-order valence-corrected chi connectivity index (χ1v) is 8.75. The van der Waals surface area contributed by atoms with Gasteiger partial charge in [0.15, 0.2) is 5.16 Å². The van der Waals surface area contributed by atoms with Crippen LogP contribution in [0.15, 0.2) is 59.8 Å². The van der Waals surface area contributed by atoms with E-state index in [0.29, 0.717) is 0 Å². The lowest BCUT2D eigenvalue weighted by molar-refractivity contribution is 1.08. The second-order valence-electron chi connectivity index (χ2n) is 5.97. The molecule has 0 fully saturated rings. The number of hydrogen-bond acceptors (Lipinski definition) is 2. The van der Waals surface area contributed by atoms with Crippen LogP contribution in [-0.2, 0) is 5.75 Å². The number of thioether (sulfide) groups is 1. The van der Waals surface area contributed by atoms with E-state index in [4.69, 9.17) is 4.98 Å². The predicted octanol–water partition coefficient (Wildman–Crippen LogP) is 5.63. The molecule has 0 amide bonds. The average Bonchev–Trinajstić information content (AvgIpc) is 2.95. The summed E-state index contributed by atoms with van der Waals surface area (Å²) >= 11 is 1.75. The van der Waals surface area contributed by atoms with Crippen LogP contribution >= 0.6 is 11.8 Å². The van der Waals surface area contributed by atoms with Gasteiger partial charge in [-0.25, -0.2) is 4.98 Å². The molecule has 0 radical (unpaired) electrons. The van der Waals surface area contributed by atoms with E-state index >= 15 is 0 Å². The van der Waals surface area contributed by atoms with Crippen LogP contribution in [0.25, 0.3) is 21.8 Å². The van der Waals surface area contributed by atoms with E-state index in [-0.39, 0.29) is 0 Å². The van der Waals surface area contributed by atoms with Crippen LogP contribution in [0.3, 0.4) is 0 Å². The molecule has 0 saturated carbocycles. The Labute approximate surface area is 139 Å². The topological polar surface area (TPSA) is 28.7 Å². The molecule has 0 bridgehead atoms. The van der Waals surface area contributed by atoms with E-state index in [9.17, 15) is 0 Å². The first kappa shape index (κ1) is 14.3. The smallest absolute Gasteiger partial charge is 0.166 e. The van der Waals surface area contributed by atoms with Crippen molar-refractivity contribution in [2.45, 2.75) is 24.8 Å². The second-order valence-corrected chi connectivity index (χ2v) is 6.93. The first-order valence-electron chi connectivity index (χ1n) is 7.76. The number of fused-ring (bicyclic) bond motifs is 2. The summed E-state index contributed by atoms with van der Waals surface area (Å²) in [6.45, 7) is 4.27. The van der Waals surface area contributed by atoms with Gasteiger partial charge in [-0.1, -0.05) is 54.2 Å². The maximum atomic E-state index is 4.70. The number of imidazole rings is 1. The molecule has 0 aliphatic carbocycles. The minimum Gasteiger partial charge on any atom is -0.333 e. The summed E-state index contributed by atoms with van der Waals surface area (Å²) < 4.78 is 0. The van der Waals surface area contributed by atoms with Crippen molar-refractivity contribution in [3.8, 4) is 0 Å². The van der Waals surface area contributed by atoms with Gasteiger partial charge in [0.1, 0.15) is 0 Å². The molecular weight excluding hydrogens is 300 g/mol. The molecule has 0 aliphatic rings. The van der Waals surface area contributed by atoms with Crippen molar-refractivity contribution in [1.29, 1.82) is 0 Å². The van der Waals surface area contributed by atoms with E-state index in [1.807, 2.05) is 0 Å². The highest BCUT2D eigenvalue weighted by atomic mass is 32.2. The van der Waals surface area contributed by atoms with Crippen molar-refractivity contribution in [1.82, 2.24) is 9.97 Å². The third kappa shape index (κ3) is 2.84. The number of aryl methyl sites for hydroxylation is 2. The lowest BCUT2D eigenvalue weighted by atomic mass is 10.1. The van der Waals surface area contributed by atoms with Crippen molar-refractivity contribution < 1.29 is 0 Å². The van der Waals surface area contributed by atoms with Gasteiger partial charge in [0.05, 0.1) is 11.0 Å². The fourth-order valence-electron chi connectivity index (χ4n) is 2.79. The van der Waals surface area contributed by atoms with Crippen LogP contribution in [0.5, 0.6) is 0 Å². The molecule has 1 heterocycles. The van der Waals surface area contributed by atoms with Gasteiger partial charge in [-0.15, -0.1) is 0 Å². The second kappa shape index (κ2) is 5.74. The number of benzene rings is 3. The lowest BCUT2D eigenvalue weighted by Gasteiger charge is -2.02. The fraction of sp³-hybridized carbons (Fsp3) is 0.150. The zero-order chi connectivity index (χ0) is 15.8. The largest absolute Gasteiger partial charge is 0.333 e. The Morgan fingerprint density at radius 3 is 2.57 bits per heavy atom. The van der Waals surface area contributed by atoms with Crippen molar-refractivity contribution in [2.75, 3.05) is 0 Å². The molecule has 23 heavy (non-hydrogen) atoms. The molecular formula is C20H18N2S. The third-order valence-corrected chi connectivity index (χ3v) is 5.21. The Morgan fingerprint density at radius 1 is 0.913 bits per heavy atom. The highest BCUT2D eigenvalue weighted by Gasteiger charge is 2.06. The lowest BCUT2D eigenvalue weighted by Crippen LogP contribution is -1.82. The maximum absolute atomic E-state index is 4.70. The van der Waals surface area contributed by atoms with Crippen LogP contribution in [-0.4, -0.2) is 9.97 Å². The number of aromatic nitrogens is 2. The van der Waals surface area contributed by atoms with Gasteiger partial charge in [0.25, 0.3) is 0 Å². The Bertz CT molecular complexity index is 962. The fourth-order valence-corrected chi connectivity index (χ4v) is 3.62. The van der Waals surface area contributed by atoms with E-state index < -0.39 is 0 Å². The van der Waals surface area contributed by atoms with Gasteiger partial charge < -0.3 is 4.98 Å². The summed E-state index contributed by atoms with van der Waals surface area (Å²) in [5.74, 6) is 0.919. The molecule has 3 aromatic carbocycles. The van der Waals surface area contributed by atoms with Gasteiger partial charge in [-0.3, -0.25) is 0 Å². The van der Waals surface area contributed by atoms with Crippen LogP contribution in [0.4, 0.5) is 0 Å². The first-order chi connectivity index (χ1) is 11.2. The van der Waals surface area contributed by atoms with Crippen LogP contribution < -0.4 is 0 Å². The van der Waals surface area contributed by atoms with E-state index in [2.05, 4.69) is 73.4 Å². The number of nitrogens with zero attached hydrogens (tertiary/aromatic N) is 1. The van der Waals surface area contributed by atoms with Gasteiger partial charge >= 0.3 is 0 Å². The molecule has 0 saturated heterocycles. The SMILES string of the molecule is Cc1cc2nc(SCc3ccc4ccccc4c3)[nH]c2cc1C. The Balaban J connectivity index is 1.57. The minimum atomic E-state index is 0.919. The summed E-state index contributed by atoms with van der Waals surface area (Å²) in [6, 6.07) is 19.5. The van der Waals surface area contributed by atoms with Gasteiger partial charge in [0.2, 0.25) is 0 Å².